The molecule has 0 N–H and O–H groups in total. The van der Waals surface area contributed by atoms with Crippen molar-refractivity contribution in [1.82, 2.24) is 0 Å². The van der Waals surface area contributed by atoms with E-state index in [9.17, 15) is 114 Å². The molecule has 40 heteroatoms. The molecule has 0 aliphatic heterocycles. The number of hydrogen-bond acceptors (Lipinski definition) is 17. The summed E-state index contributed by atoms with van der Waals surface area (Å²) < 4.78 is 205. The fraction of sp³-hybridized carbons (Fsp3) is 0.143. The van der Waals surface area contributed by atoms with Crippen LogP contribution in [0, 0.1) is 50.9 Å². The molecule has 0 aromatic heterocycles. The third-order valence-corrected chi connectivity index (χ3v) is 12.3. The molecule has 0 unspecified atom stereocenters. The maximum atomic E-state index is 12.6. The zero-order valence-corrected chi connectivity index (χ0v) is 52.4. The molecule has 16 nitrogen and oxygen atoms in total. The van der Waals surface area contributed by atoms with Crippen LogP contribution >= 0.6 is 81.4 Å². The first-order valence-corrected chi connectivity index (χ1v) is 27.6. The number of halogens is 23. The molecule has 0 saturated carbocycles. The molecule has 0 amide bonds. The second kappa shape index (κ2) is 40.1. The number of hydrogen-bond donors (Lipinski definition) is 0. The van der Waals surface area contributed by atoms with Crippen molar-refractivity contribution in [1.29, 1.82) is 0 Å². The van der Waals surface area contributed by atoms with E-state index in [1.54, 1.807) is 12.1 Å². The van der Waals surface area contributed by atoms with Crippen LogP contribution in [0.15, 0.2) is 204 Å². The summed E-state index contributed by atoms with van der Waals surface area (Å²) in [5.74, 6) is -0.918. The predicted molar refractivity (Wildman–Crippen MR) is 331 cm³/mol. The summed E-state index contributed by atoms with van der Waals surface area (Å²) in [4.78, 5) is 79.5. The van der Waals surface area contributed by atoms with Crippen LogP contribution in [-0.4, -0.2) is 5.51 Å². The molecular formula is C56H33Cl6F17N8O8S. The molecule has 0 aliphatic rings. The van der Waals surface area contributed by atoms with Gasteiger partial charge in [-0.2, -0.15) is 65.9 Å². The van der Waals surface area contributed by atoms with Crippen LogP contribution in [0.3, 0.4) is 0 Å². The summed E-state index contributed by atoms with van der Waals surface area (Å²) in [7, 11) is 0. The minimum absolute atomic E-state index is 0.0111. The van der Waals surface area contributed by atoms with E-state index in [0.29, 0.717) is 27.7 Å². The lowest BCUT2D eigenvalue weighted by Crippen LogP contribution is -2.10. The normalized spacial score (nSPS) is 10.8. The fourth-order valence-electron chi connectivity index (χ4n) is 5.86. The minimum atomic E-state index is -4.96. The summed E-state index contributed by atoms with van der Waals surface area (Å²) in [6, 6.07) is 29.1. The Kier molecular flexibility index (Phi) is 35.7. The Morgan fingerprint density at radius 2 is 0.646 bits per heavy atom. The van der Waals surface area contributed by atoms with Crippen molar-refractivity contribution in [2.24, 2.45) is 41.4 Å². The number of nitrogens with zero attached hydrogens (tertiary/aromatic N) is 8. The Bertz CT molecular complexity index is 3820. The first kappa shape index (κ1) is 85.5. The molecule has 8 aromatic rings. The average molecular weight is 1510 g/mol. The van der Waals surface area contributed by atoms with Crippen LogP contribution in [0.4, 0.5) is 120 Å². The molecule has 512 valence electrons. The summed E-state index contributed by atoms with van der Waals surface area (Å²) in [6.45, 7) is 4.23. The van der Waals surface area contributed by atoms with E-state index in [4.69, 9.17) is 69.6 Å². The van der Waals surface area contributed by atoms with Crippen molar-refractivity contribution in [3.8, 4) is 0 Å². The summed E-state index contributed by atoms with van der Waals surface area (Å²) in [6.07, 6.45) is -18.8. The van der Waals surface area contributed by atoms with Crippen LogP contribution in [0.25, 0.3) is 0 Å². The highest BCUT2D eigenvalue weighted by Gasteiger charge is 2.37. The second-order valence-electron chi connectivity index (χ2n) is 17.5. The quantitative estimate of drug-likeness (QED) is 0.0547. The van der Waals surface area contributed by atoms with E-state index in [2.05, 4.69) is 55.3 Å². The van der Waals surface area contributed by atoms with Crippen molar-refractivity contribution in [2.45, 2.75) is 54.9 Å². The van der Waals surface area contributed by atoms with Gasteiger partial charge in [-0.3, -0.25) is 0 Å². The first-order chi connectivity index (χ1) is 44.5. The number of thioether (sulfide) groups is 1. The maximum Gasteiger partial charge on any atom is 0.446 e. The second-order valence-corrected chi connectivity index (χ2v) is 21.2. The number of rotatable bonds is 10. The van der Waals surface area contributed by atoms with Gasteiger partial charge < -0.3 is 0 Å². The molecule has 0 atom stereocenters. The van der Waals surface area contributed by atoms with Crippen LogP contribution in [0.5, 0.6) is 0 Å². The maximum absolute atomic E-state index is 12.6. The Balaban J connectivity index is 0.000000551. The van der Waals surface area contributed by atoms with Gasteiger partial charge in [0.15, 0.2) is 11.6 Å². The molecule has 0 saturated heterocycles. The lowest BCUT2D eigenvalue weighted by Gasteiger charge is -2.11. The van der Waals surface area contributed by atoms with E-state index in [0.717, 1.165) is 54.6 Å². The number of alkyl halides is 15. The average Bonchev–Trinajstić information content (AvgIpc) is 0.829. The minimum Gasteiger partial charge on any atom is -0.204 e. The highest BCUT2D eigenvalue weighted by molar-refractivity contribution is 8.00. The molecule has 8 rings (SSSR count). The monoisotopic (exact) mass is 1510 g/mol. The van der Waals surface area contributed by atoms with Crippen molar-refractivity contribution in [3.05, 3.63) is 267 Å². The number of nitroso groups, excluding NO2 is 8. The van der Waals surface area contributed by atoms with Gasteiger partial charge in [0.05, 0.1) is 32.3 Å². The first-order valence-electron chi connectivity index (χ1n) is 24.5. The predicted octanol–water partition coefficient (Wildman–Crippen LogP) is 27.7. The fourth-order valence-corrected chi connectivity index (χ4v) is 7.78. The smallest absolute Gasteiger partial charge is 0.204 e. The van der Waals surface area contributed by atoms with E-state index in [-0.39, 0.29) is 89.1 Å². The van der Waals surface area contributed by atoms with Crippen LogP contribution < -0.4 is 0 Å². The van der Waals surface area contributed by atoms with E-state index in [1.165, 1.54) is 60.2 Å². The molecule has 8 aromatic carbocycles. The molecular weight excluding hydrogens is 1480 g/mol. The Hall–Kier alpha value is -8.54. The van der Waals surface area contributed by atoms with Gasteiger partial charge in [0.2, 0.25) is 0 Å². The van der Waals surface area contributed by atoms with Gasteiger partial charge in [-0.25, -0.2) is 8.78 Å². The molecule has 0 aliphatic carbocycles. The SMILES string of the molecule is CC(C)c1ccc(N=O)cc1.O=Nc1cc(C(F)(F)F)cc(C(F)(F)F)c1.O=Nc1cc(Cl)c(F)c(Cl)c1.O=Nc1cc(Cl)cc(C(F)(F)F)c1.O=Nc1cc(Cl)cc(Cl)c1.O=Nc1ccc(C(F)(F)F)cc1.O=Nc1ccc(Cl)cc1F.O=Nc1ccc(SC(F)(F)F)cc1. The third-order valence-electron chi connectivity index (χ3n) is 10.2. The molecule has 0 bridgehead atoms. The van der Waals surface area contributed by atoms with Gasteiger partial charge in [-0.05, 0) is 210 Å². The summed E-state index contributed by atoms with van der Waals surface area (Å²) in [5, 5.41) is 20.5. The Labute approximate surface area is 561 Å². The van der Waals surface area contributed by atoms with Crippen LogP contribution in [-0.2, 0) is 24.7 Å². The zero-order chi connectivity index (χ0) is 73.5. The van der Waals surface area contributed by atoms with Gasteiger partial charge >= 0.3 is 30.2 Å². The molecule has 0 heterocycles. The van der Waals surface area contributed by atoms with E-state index in [1.807, 2.05) is 12.1 Å². The van der Waals surface area contributed by atoms with Crippen molar-refractivity contribution in [3.63, 3.8) is 0 Å². The van der Waals surface area contributed by atoms with Gasteiger partial charge in [-0.15, -0.1) is 39.3 Å². The highest BCUT2D eigenvalue weighted by atomic mass is 35.5. The molecule has 0 fully saturated rings. The molecule has 0 spiro atoms. The highest BCUT2D eigenvalue weighted by Crippen LogP contribution is 2.40. The lowest BCUT2D eigenvalue weighted by atomic mass is 10.0. The largest absolute Gasteiger partial charge is 0.446 e. The lowest BCUT2D eigenvalue weighted by molar-refractivity contribution is -0.143. The topological polar surface area (TPSA) is 235 Å². The van der Waals surface area contributed by atoms with Gasteiger partial charge in [0, 0.05) is 25.0 Å². The van der Waals surface area contributed by atoms with Crippen molar-refractivity contribution < 1.29 is 74.6 Å². The van der Waals surface area contributed by atoms with E-state index >= 15 is 0 Å². The van der Waals surface area contributed by atoms with Crippen LogP contribution in [0.2, 0.25) is 30.1 Å². The Morgan fingerprint density at radius 3 is 0.979 bits per heavy atom. The van der Waals surface area contributed by atoms with Gasteiger partial charge in [-0.1, -0.05) is 95.6 Å². The number of benzene rings is 8. The van der Waals surface area contributed by atoms with Crippen LogP contribution in [0.1, 0.15) is 47.6 Å². The summed E-state index contributed by atoms with van der Waals surface area (Å²) in [5.41, 5.74) is -8.54. The van der Waals surface area contributed by atoms with E-state index < -0.39 is 69.8 Å². The van der Waals surface area contributed by atoms with Crippen molar-refractivity contribution in [2.75, 3.05) is 0 Å². The zero-order valence-electron chi connectivity index (χ0n) is 47.0. The van der Waals surface area contributed by atoms with Crippen molar-refractivity contribution >= 4 is 127 Å². The Morgan fingerprint density at radius 1 is 0.323 bits per heavy atom. The molecule has 0 radical (unpaired) electrons. The molecule has 96 heavy (non-hydrogen) atoms. The summed E-state index contributed by atoms with van der Waals surface area (Å²) >= 11 is 32.3. The van der Waals surface area contributed by atoms with Gasteiger partial charge in [0.1, 0.15) is 45.5 Å². The standard InChI is InChI=1S/C9H11NO.C8H3F6NO.C7H3ClF3NO.C7H4F3NOS.C7H4F3NO.C6H2Cl2FNO.C6H3Cl2NO.C6H3ClFNO/c1-7(2)8-3-5-9(10-11)6-4-8;9-7(10,11)4-1-5(8(12,13)14)3-6(2-4)15-16;8-5-1-4(7(9,10)11)2-6(3-5)12-13;8-7(9,10)13-6-3-1-5(11-12)2-4-6;8-7(9,10)5-1-3-6(11-12)4-2-5;7-4-1-3(10-11)2-5(8)6(4)9;7-4-1-5(8)3-6(2-4)9-10;7-4-1-2-6(9-10)5(8)3-4/h3-7H,1-2H3;1-3H;1-3H;1-4H;1-4H;1-2H;2*1-3H. The third kappa shape index (κ3) is 33.2. The van der Waals surface area contributed by atoms with Gasteiger partial charge in [0.25, 0.3) is 0 Å².